The molecule has 11 heteroatoms. The normalized spacial score (nSPS) is 15.3. The Labute approximate surface area is 516 Å². The minimum atomic E-state index is -2.55. The molecule has 0 aromatic carbocycles. The average molecular weight is 1190 g/mol. The summed E-state index contributed by atoms with van der Waals surface area (Å²) in [6.07, 6.45) is 20.4. The highest BCUT2D eigenvalue weighted by Crippen LogP contribution is 2.29. The number of rotatable bonds is 1. The molecule has 0 atom stereocenters. The van der Waals surface area contributed by atoms with Crippen molar-refractivity contribution in [3.8, 4) is 0 Å². The van der Waals surface area contributed by atoms with Crippen LogP contribution in [0.3, 0.4) is 0 Å². The number of piperidine rings is 1. The standard InChI is InChI=1S/C8H17N.C6H13N.C5H11N.C5H10O.C4H8O2S.6C4H10.2C3H3NO.6C2H6/c1-7(2)9-5-8(3,4)6-9;1-7-5-3-2-4-6-7;1-6-4-2-3-5-6;1-2-4-6-5-3-1;5-7(6)3-1-2-4-7;6*1-4(2)3;1-2-5-3-4-1;1-2-4-5-3-1;6*1-2/h7H,5-6H2,1-4H3;2-6H2,1H3;2-5H2,1H3;1-5H2;1-4H2;6*4H,1-3H3;2*1-3H;6*1-2H3. The second kappa shape index (κ2) is 91.9. The number of sulfone groups is 1. The molecule has 0 amide bonds. The van der Waals surface area contributed by atoms with E-state index in [9.17, 15) is 8.42 Å². The van der Waals surface area contributed by atoms with Gasteiger partial charge in [0.2, 0.25) is 0 Å². The van der Waals surface area contributed by atoms with Crippen LogP contribution in [0.25, 0.3) is 0 Å². The van der Waals surface area contributed by atoms with Crippen LogP contribution in [0.4, 0.5) is 0 Å². The first-order valence-corrected chi connectivity index (χ1v) is 35.3. The van der Waals surface area contributed by atoms with Crippen LogP contribution in [0.15, 0.2) is 46.3 Å². The second-order valence-electron chi connectivity index (χ2n) is 23.8. The first-order chi connectivity index (χ1) is 37.9. The molecule has 7 rings (SSSR count). The van der Waals surface area contributed by atoms with Crippen molar-refractivity contribution < 1.29 is 22.1 Å². The lowest BCUT2D eigenvalue weighted by molar-refractivity contribution is 0.00572. The zero-order valence-electron chi connectivity index (χ0n) is 62.8. The summed E-state index contributed by atoms with van der Waals surface area (Å²) >= 11 is 0. The van der Waals surface area contributed by atoms with Gasteiger partial charge in [-0.05, 0) is 159 Å². The van der Waals surface area contributed by atoms with Crippen LogP contribution in [0.1, 0.15) is 300 Å². The Morgan fingerprint density at radius 3 is 0.815 bits per heavy atom. The third-order valence-electron chi connectivity index (χ3n) is 7.83. The van der Waals surface area contributed by atoms with Gasteiger partial charge in [0.25, 0.3) is 0 Å². The molecule has 0 aliphatic carbocycles. The Balaban J connectivity index is -0.0000000632. The lowest BCUT2D eigenvalue weighted by Gasteiger charge is -2.48. The number of hydrogen-bond acceptors (Lipinski definition) is 10. The summed E-state index contributed by atoms with van der Waals surface area (Å²) in [4.78, 5) is 10.8. The lowest BCUT2D eigenvalue weighted by Crippen LogP contribution is -2.55. The van der Waals surface area contributed by atoms with Crippen molar-refractivity contribution >= 4 is 9.84 Å². The molecular formula is C70H161N5O5S. The van der Waals surface area contributed by atoms with Gasteiger partial charge in [-0.25, -0.2) is 13.4 Å². The smallest absolute Gasteiger partial charge is 0.180 e. The highest BCUT2D eigenvalue weighted by Gasteiger charge is 2.34. The fourth-order valence-corrected chi connectivity index (χ4v) is 6.62. The van der Waals surface area contributed by atoms with Gasteiger partial charge in [-0.15, -0.1) is 0 Å². The predicted octanol–water partition coefficient (Wildman–Crippen LogP) is 22.4. The van der Waals surface area contributed by atoms with Crippen molar-refractivity contribution in [3.63, 3.8) is 0 Å². The molecule has 5 saturated heterocycles. The van der Waals surface area contributed by atoms with E-state index in [-0.39, 0.29) is 0 Å². The van der Waals surface area contributed by atoms with Crippen molar-refractivity contribution in [3.05, 3.63) is 37.4 Å². The maximum absolute atomic E-state index is 10.4. The quantitative estimate of drug-likeness (QED) is 0.274. The second-order valence-corrected chi connectivity index (χ2v) is 26.1. The summed E-state index contributed by atoms with van der Waals surface area (Å²) in [5.41, 5.74) is 0.601. The van der Waals surface area contributed by atoms with Gasteiger partial charge in [0, 0.05) is 32.3 Å². The zero-order chi connectivity index (χ0) is 66.7. The van der Waals surface area contributed by atoms with E-state index in [4.69, 9.17) is 4.74 Å². The summed E-state index contributed by atoms with van der Waals surface area (Å²) in [5.74, 6) is 5.85. The van der Waals surface area contributed by atoms with E-state index in [1.807, 2.05) is 83.1 Å². The summed E-state index contributed by atoms with van der Waals surface area (Å²) in [6, 6.07) is 2.47. The third-order valence-corrected chi connectivity index (χ3v) is 9.66. The molecule has 2 aromatic heterocycles. The number of oxazole rings is 1. The van der Waals surface area contributed by atoms with E-state index in [0.717, 1.165) is 67.6 Å². The first kappa shape index (κ1) is 107. The van der Waals surface area contributed by atoms with E-state index in [0.29, 0.717) is 16.9 Å². The van der Waals surface area contributed by atoms with E-state index >= 15 is 0 Å². The first-order valence-electron chi connectivity index (χ1n) is 33.5. The molecule has 5 aliphatic rings. The summed E-state index contributed by atoms with van der Waals surface area (Å²) in [7, 11) is 1.82. The summed E-state index contributed by atoms with van der Waals surface area (Å²) in [6.45, 7) is 82.0. The molecule has 0 saturated carbocycles. The van der Waals surface area contributed by atoms with Crippen LogP contribution in [0, 0.1) is 40.9 Å². The SMILES string of the molecule is C1CCOCC1.CC.CC.CC.CC.CC.CC.CC(C)C.CC(C)C.CC(C)C.CC(C)C.CC(C)C.CC(C)C.CC(C)N1CC(C)(C)C1.CN1CCCC1.CN1CCCCC1.O=S1(=O)CCCC1.c1cnoc1.c1cocn1. The van der Waals surface area contributed by atoms with Gasteiger partial charge in [0.15, 0.2) is 6.39 Å². The highest BCUT2D eigenvalue weighted by molar-refractivity contribution is 7.91. The van der Waals surface area contributed by atoms with Gasteiger partial charge in [0.1, 0.15) is 22.4 Å². The molecule has 10 nitrogen and oxygen atoms in total. The van der Waals surface area contributed by atoms with Gasteiger partial charge in [-0.1, -0.05) is 233 Å². The maximum Gasteiger partial charge on any atom is 0.180 e. The van der Waals surface area contributed by atoms with Crippen molar-refractivity contribution in [1.82, 2.24) is 24.8 Å². The van der Waals surface area contributed by atoms with Crippen molar-refractivity contribution in [2.45, 2.75) is 306 Å². The van der Waals surface area contributed by atoms with Crippen molar-refractivity contribution in [1.29, 1.82) is 0 Å². The predicted molar refractivity (Wildman–Crippen MR) is 375 cm³/mol. The summed E-state index contributed by atoms with van der Waals surface area (Å²) < 4.78 is 34.7. The number of ether oxygens (including phenoxy) is 1. The topological polar surface area (TPSA) is 105 Å². The number of hydrogen-bond donors (Lipinski definition) is 0. The number of aromatic nitrogens is 2. The van der Waals surface area contributed by atoms with Gasteiger partial charge < -0.3 is 23.5 Å². The molecule has 0 unspecified atom stereocenters. The van der Waals surface area contributed by atoms with E-state index in [2.05, 4.69) is 200 Å². The Morgan fingerprint density at radius 2 is 0.728 bits per heavy atom. The largest absolute Gasteiger partial charge is 0.452 e. The molecule has 5 fully saturated rings. The molecule has 0 spiro atoms. The van der Waals surface area contributed by atoms with E-state index < -0.39 is 9.84 Å². The fraction of sp³-hybridized carbons (Fsp3) is 0.914. The maximum atomic E-state index is 10.4. The minimum Gasteiger partial charge on any atom is -0.452 e. The van der Waals surface area contributed by atoms with E-state index in [1.165, 1.54) is 110 Å². The number of nitrogens with zero attached hydrogens (tertiary/aromatic N) is 5. The van der Waals surface area contributed by atoms with Crippen LogP contribution in [0.2, 0.25) is 0 Å². The Bertz CT molecular complexity index is 1100. The number of likely N-dealkylation sites (tertiary alicyclic amines) is 3. The molecule has 81 heavy (non-hydrogen) atoms. The fourth-order valence-electron chi connectivity index (χ4n) is 5.13. The molecule has 2 aromatic rings. The van der Waals surface area contributed by atoms with Crippen LogP contribution in [0.5, 0.6) is 0 Å². The Hall–Kier alpha value is -1.79. The minimum absolute atomic E-state index is 0.424. The molecule has 5 aliphatic heterocycles. The Kier molecular flexibility index (Phi) is 122. The lowest BCUT2D eigenvalue weighted by atomic mass is 9.83. The van der Waals surface area contributed by atoms with Crippen LogP contribution in [-0.4, -0.2) is 117 Å². The van der Waals surface area contributed by atoms with Crippen LogP contribution in [-0.2, 0) is 14.6 Å². The average Bonchev–Trinajstić information content (AvgIpc) is 4.28. The Morgan fingerprint density at radius 1 is 0.432 bits per heavy atom. The summed E-state index contributed by atoms with van der Waals surface area (Å²) in [5, 5.41) is 3.35. The van der Waals surface area contributed by atoms with Gasteiger partial charge in [-0.3, -0.25) is 4.90 Å². The molecule has 7 heterocycles. The van der Waals surface area contributed by atoms with Gasteiger partial charge in [-0.2, -0.15) is 0 Å². The van der Waals surface area contributed by atoms with Gasteiger partial charge >= 0.3 is 0 Å². The molecule has 0 bridgehead atoms. The molecular weight excluding hydrogens is 1020 g/mol. The molecule has 0 radical (unpaired) electrons. The zero-order valence-corrected chi connectivity index (χ0v) is 63.6. The van der Waals surface area contributed by atoms with Crippen molar-refractivity contribution in [2.24, 2.45) is 40.9 Å². The van der Waals surface area contributed by atoms with Gasteiger partial charge in [0.05, 0.1) is 23.9 Å². The highest BCUT2D eigenvalue weighted by atomic mass is 32.2. The van der Waals surface area contributed by atoms with Crippen LogP contribution >= 0.6 is 0 Å². The molecule has 0 N–H and O–H groups in total. The van der Waals surface area contributed by atoms with Crippen LogP contribution < -0.4 is 0 Å². The monoisotopic (exact) mass is 1180 g/mol. The van der Waals surface area contributed by atoms with Crippen molar-refractivity contribution in [2.75, 3.05) is 78.1 Å². The third kappa shape index (κ3) is 167. The van der Waals surface area contributed by atoms with E-state index in [1.54, 1.807) is 18.5 Å². The molecule has 502 valence electrons.